The summed E-state index contributed by atoms with van der Waals surface area (Å²) >= 11 is 0. The van der Waals surface area contributed by atoms with Gasteiger partial charge in [0.1, 0.15) is 13.2 Å². The fourth-order valence-electron chi connectivity index (χ4n) is 6.06. The van der Waals surface area contributed by atoms with E-state index in [0.29, 0.717) is 13.2 Å². The van der Waals surface area contributed by atoms with Crippen LogP contribution in [-0.4, -0.2) is 37.1 Å². The van der Waals surface area contributed by atoms with E-state index < -0.39 is 0 Å². The Hall–Kier alpha value is -4.18. The summed E-state index contributed by atoms with van der Waals surface area (Å²) in [6.45, 7) is 1.29. The fourth-order valence-corrected chi connectivity index (χ4v) is 6.06. The Labute approximate surface area is 236 Å². The number of ether oxygens (including phenoxy) is 2. The highest BCUT2D eigenvalue weighted by atomic mass is 16.5. The molecule has 2 atom stereocenters. The predicted molar refractivity (Wildman–Crippen MR) is 161 cm³/mol. The van der Waals surface area contributed by atoms with Gasteiger partial charge in [-0.1, -0.05) is 84.9 Å². The third-order valence-corrected chi connectivity index (χ3v) is 8.23. The summed E-state index contributed by atoms with van der Waals surface area (Å²) in [6.07, 6.45) is 5.58. The van der Waals surface area contributed by atoms with Crippen LogP contribution in [0, 0.1) is 0 Å². The molecule has 0 N–H and O–H groups in total. The van der Waals surface area contributed by atoms with Gasteiger partial charge >= 0.3 is 0 Å². The summed E-state index contributed by atoms with van der Waals surface area (Å²) in [4.78, 5) is 10.1. The Morgan fingerprint density at radius 2 is 0.975 bits per heavy atom. The van der Waals surface area contributed by atoms with E-state index in [4.69, 9.17) is 19.5 Å². The summed E-state index contributed by atoms with van der Waals surface area (Å²) in [7, 11) is 0. The van der Waals surface area contributed by atoms with E-state index in [2.05, 4.69) is 97.1 Å². The lowest BCUT2D eigenvalue weighted by Gasteiger charge is -2.16. The molecule has 10 rings (SSSR count). The topological polar surface area (TPSA) is 43.2 Å². The van der Waals surface area contributed by atoms with Crippen molar-refractivity contribution in [2.45, 2.75) is 50.6 Å². The minimum atomic E-state index is 0.167. The number of aliphatic imine (C=N–C) groups is 2. The van der Waals surface area contributed by atoms with Crippen LogP contribution in [0.5, 0.6) is 0 Å². The van der Waals surface area contributed by atoms with E-state index >= 15 is 0 Å². The van der Waals surface area contributed by atoms with Crippen LogP contribution in [0.1, 0.15) is 44.5 Å². The Balaban J connectivity index is 1.12. The van der Waals surface area contributed by atoms with Crippen molar-refractivity contribution < 1.29 is 9.47 Å². The molecule has 2 heterocycles. The molecule has 0 fully saturated rings. The Morgan fingerprint density at radius 1 is 0.525 bits per heavy atom. The van der Waals surface area contributed by atoms with Crippen LogP contribution in [-0.2, 0) is 48.0 Å². The van der Waals surface area contributed by atoms with Crippen molar-refractivity contribution >= 4 is 11.8 Å². The molecule has 0 unspecified atom stereocenters. The summed E-state index contributed by atoms with van der Waals surface area (Å²) in [5.41, 5.74) is 10.1. The quantitative estimate of drug-likeness (QED) is 0.294. The minimum absolute atomic E-state index is 0.167. The largest absolute Gasteiger partial charge is 0.475 e. The van der Waals surface area contributed by atoms with Crippen molar-refractivity contribution in [1.82, 2.24) is 0 Å². The van der Waals surface area contributed by atoms with Gasteiger partial charge in [0.2, 0.25) is 11.8 Å². The first-order valence-corrected chi connectivity index (χ1v) is 14.5. The monoisotopic (exact) mass is 526 g/mol. The normalized spacial score (nSPS) is 19.8. The molecule has 4 bridgehead atoms. The van der Waals surface area contributed by atoms with Gasteiger partial charge in [-0.2, -0.15) is 0 Å². The standard InChI is InChI=1S/C36H34N2O2/c1-3-7-25(8-4-1)19-31-23-39-35(37-31)33-21-27-11-15-29(33)17-13-28-12-16-30(18-14-27)34(22-28)36-38-32(24-40-36)20-26-9-5-2-6-10-26/h1-12,15-16,21-22,31-32H,13-14,17-20,23-24H2/t31-,32-/m0/s1. The number of aryl methyl sites for hydroxylation is 4. The number of nitrogens with zero attached hydrogens (tertiary/aromatic N) is 2. The molecular formula is C36H34N2O2. The van der Waals surface area contributed by atoms with Gasteiger partial charge in [-0.05, 0) is 84.0 Å². The lowest BCUT2D eigenvalue weighted by atomic mass is 9.91. The van der Waals surface area contributed by atoms with E-state index in [1.165, 1.54) is 33.4 Å². The molecule has 40 heavy (non-hydrogen) atoms. The summed E-state index contributed by atoms with van der Waals surface area (Å²) < 4.78 is 12.4. The number of hydrogen-bond acceptors (Lipinski definition) is 4. The fraction of sp³-hybridized carbons (Fsp3) is 0.278. The summed E-state index contributed by atoms with van der Waals surface area (Å²) in [6, 6.07) is 35.2. The van der Waals surface area contributed by atoms with Crippen molar-refractivity contribution in [3.8, 4) is 0 Å². The maximum absolute atomic E-state index is 6.20. The number of rotatable bonds is 6. The second kappa shape index (κ2) is 11.1. The molecule has 4 nitrogen and oxygen atoms in total. The zero-order valence-electron chi connectivity index (χ0n) is 22.8. The molecule has 0 aromatic heterocycles. The molecule has 4 heteroatoms. The minimum Gasteiger partial charge on any atom is -0.475 e. The highest BCUT2D eigenvalue weighted by Gasteiger charge is 2.25. The van der Waals surface area contributed by atoms with Gasteiger partial charge in [-0.15, -0.1) is 0 Å². The first-order valence-electron chi connectivity index (χ1n) is 14.5. The van der Waals surface area contributed by atoms with Crippen LogP contribution in [0.2, 0.25) is 0 Å². The Bertz CT molecular complexity index is 1440. The van der Waals surface area contributed by atoms with Crippen molar-refractivity contribution in [3.05, 3.63) is 142 Å². The average molecular weight is 527 g/mol. The SMILES string of the molecule is c1ccc(C[C@H]2COC(c3cc4ccc3CCc3ccc(c(C5=N[C@@H](Cc6ccccc6)CO5)c3)CC4)=N2)cc1. The Kier molecular flexibility index (Phi) is 6.91. The van der Waals surface area contributed by atoms with Gasteiger partial charge in [0, 0.05) is 11.1 Å². The summed E-state index contributed by atoms with van der Waals surface area (Å²) in [5, 5.41) is 0. The predicted octanol–water partition coefficient (Wildman–Crippen LogP) is 6.35. The number of benzene rings is 4. The van der Waals surface area contributed by atoms with Gasteiger partial charge in [0.15, 0.2) is 0 Å². The molecule has 4 aromatic carbocycles. The van der Waals surface area contributed by atoms with Gasteiger partial charge in [-0.25, -0.2) is 9.98 Å². The first-order chi connectivity index (χ1) is 19.8. The third kappa shape index (κ3) is 5.44. The van der Waals surface area contributed by atoms with Crippen molar-refractivity contribution in [2.75, 3.05) is 13.2 Å². The van der Waals surface area contributed by atoms with Crippen LogP contribution >= 0.6 is 0 Å². The second-order valence-electron chi connectivity index (χ2n) is 11.2. The van der Waals surface area contributed by atoms with E-state index in [9.17, 15) is 0 Å². The van der Waals surface area contributed by atoms with E-state index in [0.717, 1.165) is 61.4 Å². The third-order valence-electron chi connectivity index (χ3n) is 8.23. The van der Waals surface area contributed by atoms with Gasteiger partial charge in [-0.3, -0.25) is 0 Å². The molecule has 200 valence electrons. The van der Waals surface area contributed by atoms with E-state index in [1.54, 1.807) is 0 Å². The Morgan fingerprint density at radius 3 is 1.43 bits per heavy atom. The molecule has 0 saturated carbocycles. The molecule has 4 aliphatic carbocycles. The molecule has 0 amide bonds. The molecule has 0 spiro atoms. The zero-order valence-corrected chi connectivity index (χ0v) is 22.8. The van der Waals surface area contributed by atoms with Crippen LogP contribution in [0.25, 0.3) is 0 Å². The number of hydrogen-bond donors (Lipinski definition) is 0. The molecular weight excluding hydrogens is 492 g/mol. The second-order valence-corrected chi connectivity index (χ2v) is 11.2. The van der Waals surface area contributed by atoms with E-state index in [-0.39, 0.29) is 12.1 Å². The average Bonchev–Trinajstić information content (AvgIpc) is 3.65. The first kappa shape index (κ1) is 24.8. The molecule has 4 aromatic rings. The molecule has 0 saturated heterocycles. The van der Waals surface area contributed by atoms with Crippen LogP contribution in [0.15, 0.2) is 107 Å². The lowest BCUT2D eigenvalue weighted by Crippen LogP contribution is -2.11. The summed E-state index contributed by atoms with van der Waals surface area (Å²) in [5.74, 6) is 1.62. The smallest absolute Gasteiger partial charge is 0.216 e. The van der Waals surface area contributed by atoms with Gasteiger partial charge in [0.05, 0.1) is 12.1 Å². The van der Waals surface area contributed by atoms with Crippen molar-refractivity contribution in [3.63, 3.8) is 0 Å². The highest BCUT2D eigenvalue weighted by Crippen LogP contribution is 2.26. The maximum atomic E-state index is 6.20. The van der Waals surface area contributed by atoms with Crippen molar-refractivity contribution in [1.29, 1.82) is 0 Å². The highest BCUT2D eigenvalue weighted by molar-refractivity contribution is 5.97. The lowest BCUT2D eigenvalue weighted by molar-refractivity contribution is 0.316. The van der Waals surface area contributed by atoms with Crippen molar-refractivity contribution in [2.24, 2.45) is 9.98 Å². The molecule has 0 radical (unpaired) electrons. The zero-order chi connectivity index (χ0) is 26.7. The van der Waals surface area contributed by atoms with Crippen LogP contribution in [0.3, 0.4) is 0 Å². The van der Waals surface area contributed by atoms with Gasteiger partial charge in [0.25, 0.3) is 0 Å². The van der Waals surface area contributed by atoms with Crippen LogP contribution in [0.4, 0.5) is 0 Å². The maximum Gasteiger partial charge on any atom is 0.216 e. The molecule has 2 aliphatic heterocycles. The van der Waals surface area contributed by atoms with Crippen LogP contribution < -0.4 is 0 Å². The van der Waals surface area contributed by atoms with Gasteiger partial charge < -0.3 is 9.47 Å². The van der Waals surface area contributed by atoms with E-state index in [1.807, 2.05) is 0 Å². The molecule has 6 aliphatic rings.